The summed E-state index contributed by atoms with van der Waals surface area (Å²) >= 11 is 3.51. The molecule has 1 N–H and O–H groups in total. The minimum atomic E-state index is 0.323. The Morgan fingerprint density at radius 1 is 0.966 bits per heavy atom. The summed E-state index contributed by atoms with van der Waals surface area (Å²) in [7, 11) is 0. The molecule has 7 atom stereocenters. The number of benzene rings is 1. The smallest absolute Gasteiger partial charge is 0.124 e. The Balaban J connectivity index is 1.37. The number of hydrogen-bond acceptors (Lipinski definition) is 2. The van der Waals surface area contributed by atoms with E-state index >= 15 is 0 Å². The van der Waals surface area contributed by atoms with Crippen molar-refractivity contribution in [2.45, 2.75) is 84.1 Å². The number of aromatic hydroxyl groups is 1. The first kappa shape index (κ1) is 20.1. The van der Waals surface area contributed by atoms with Crippen LogP contribution in [-0.2, 0) is 0 Å². The van der Waals surface area contributed by atoms with Crippen LogP contribution in [0.15, 0.2) is 27.7 Å². The summed E-state index contributed by atoms with van der Waals surface area (Å²) in [5, 5.41) is 10.2. The number of hydrogen-bond donors (Lipinski definition) is 1. The first-order chi connectivity index (χ1) is 13.9. The molecule has 0 saturated heterocycles. The van der Waals surface area contributed by atoms with Crippen molar-refractivity contribution in [1.29, 1.82) is 0 Å². The number of halogens is 1. The summed E-state index contributed by atoms with van der Waals surface area (Å²) in [5.41, 5.74) is 1.79. The number of nitrogens with zero attached hydrogens (tertiary/aromatic N) is 1. The molecule has 0 amide bonds. The van der Waals surface area contributed by atoms with Gasteiger partial charge < -0.3 is 5.11 Å². The molecule has 4 saturated carbocycles. The molecule has 29 heavy (non-hydrogen) atoms. The summed E-state index contributed by atoms with van der Waals surface area (Å²) < 4.78 is 0.991. The van der Waals surface area contributed by atoms with Crippen LogP contribution in [0.5, 0.6) is 5.75 Å². The molecule has 2 nitrogen and oxygen atoms in total. The van der Waals surface area contributed by atoms with E-state index in [2.05, 4.69) is 29.8 Å². The molecule has 1 aromatic rings. The van der Waals surface area contributed by atoms with Gasteiger partial charge in [-0.3, -0.25) is 4.99 Å². The summed E-state index contributed by atoms with van der Waals surface area (Å²) in [5.74, 6) is 4.05. The van der Waals surface area contributed by atoms with E-state index in [4.69, 9.17) is 4.99 Å². The molecule has 0 heterocycles. The molecule has 0 unspecified atom stereocenters. The van der Waals surface area contributed by atoms with Crippen molar-refractivity contribution in [3.05, 3.63) is 28.2 Å². The van der Waals surface area contributed by atoms with E-state index in [0.717, 1.165) is 33.7 Å². The first-order valence-corrected chi connectivity index (χ1v) is 12.7. The van der Waals surface area contributed by atoms with Crippen molar-refractivity contribution in [1.82, 2.24) is 0 Å². The molecule has 4 fully saturated rings. The zero-order chi connectivity index (χ0) is 20.2. The van der Waals surface area contributed by atoms with Crippen molar-refractivity contribution >= 4 is 22.1 Å². The molecule has 3 heteroatoms. The van der Waals surface area contributed by atoms with Crippen LogP contribution in [0, 0.1) is 34.5 Å². The van der Waals surface area contributed by atoms with E-state index in [1.807, 2.05) is 18.3 Å². The SMILES string of the molecule is C[C@]12CCCC[C@@H]1CC[C@@H]1[C@@H]2CC[C@]2(C)[C@H](N=Cc3cc(Br)ccc3O)CC[C@@H]12. The minimum Gasteiger partial charge on any atom is -0.507 e. The molecule has 1 aromatic carbocycles. The monoisotopic (exact) mass is 457 g/mol. The Labute approximate surface area is 184 Å². The molecular weight excluding hydrogens is 422 g/mol. The van der Waals surface area contributed by atoms with Gasteiger partial charge >= 0.3 is 0 Å². The number of fused-ring (bicyclic) bond motifs is 5. The van der Waals surface area contributed by atoms with Crippen molar-refractivity contribution in [2.75, 3.05) is 0 Å². The summed E-state index contributed by atoms with van der Waals surface area (Å²) in [6.45, 7) is 5.20. The molecule has 158 valence electrons. The molecule has 0 spiro atoms. The Morgan fingerprint density at radius 2 is 1.79 bits per heavy atom. The van der Waals surface area contributed by atoms with Crippen LogP contribution in [0.1, 0.15) is 83.6 Å². The van der Waals surface area contributed by atoms with E-state index in [0.29, 0.717) is 22.6 Å². The number of phenolic OH excluding ortho intramolecular Hbond substituents is 1. The third kappa shape index (κ3) is 3.22. The van der Waals surface area contributed by atoms with Crippen LogP contribution in [0.4, 0.5) is 0 Å². The highest BCUT2D eigenvalue weighted by Crippen LogP contribution is 2.66. The lowest BCUT2D eigenvalue weighted by atomic mass is 9.45. The van der Waals surface area contributed by atoms with E-state index in [1.54, 1.807) is 6.07 Å². The minimum absolute atomic E-state index is 0.323. The number of aliphatic imine (C=N–C) groups is 1. The maximum absolute atomic E-state index is 10.2. The second-order valence-electron chi connectivity index (χ2n) is 11.0. The molecule has 5 rings (SSSR count). The van der Waals surface area contributed by atoms with Gasteiger partial charge in [0.05, 0.1) is 6.04 Å². The Bertz CT molecular complexity index is 806. The fourth-order valence-corrected chi connectivity index (χ4v) is 8.69. The predicted octanol–water partition coefficient (Wildman–Crippen LogP) is 7.38. The predicted molar refractivity (Wildman–Crippen MR) is 124 cm³/mol. The van der Waals surface area contributed by atoms with Crippen molar-refractivity contribution in [3.8, 4) is 5.75 Å². The molecular formula is C26H36BrNO. The lowest BCUT2D eigenvalue weighted by molar-refractivity contribution is -0.105. The van der Waals surface area contributed by atoms with Gasteiger partial charge in [-0.1, -0.05) is 42.6 Å². The molecule has 0 radical (unpaired) electrons. The van der Waals surface area contributed by atoms with Crippen LogP contribution in [-0.4, -0.2) is 17.4 Å². The molecule has 0 aliphatic heterocycles. The Hall–Kier alpha value is -0.830. The maximum Gasteiger partial charge on any atom is 0.124 e. The first-order valence-electron chi connectivity index (χ1n) is 11.9. The standard InChI is InChI=1S/C26H36BrNO/c1-25-13-4-3-5-18(25)6-8-20-21-9-11-24(26(21,2)14-12-22(20)25)28-16-17-15-19(27)7-10-23(17)29/h7,10,15-16,18,20-22,24,29H,3-6,8-9,11-14H2,1-2H3/t18-,20+,21+,22+,24-,25+,26+/m1/s1. The largest absolute Gasteiger partial charge is 0.507 e. The summed E-state index contributed by atoms with van der Waals surface area (Å²) in [6.07, 6.45) is 16.1. The zero-order valence-electron chi connectivity index (χ0n) is 18.0. The Morgan fingerprint density at radius 3 is 2.66 bits per heavy atom. The van der Waals surface area contributed by atoms with E-state index in [-0.39, 0.29) is 0 Å². The molecule has 4 aliphatic rings. The van der Waals surface area contributed by atoms with Gasteiger partial charge in [0.15, 0.2) is 0 Å². The lowest BCUT2D eigenvalue weighted by Gasteiger charge is -2.60. The topological polar surface area (TPSA) is 32.6 Å². The van der Waals surface area contributed by atoms with Crippen LogP contribution in [0.2, 0.25) is 0 Å². The average molecular weight is 458 g/mol. The molecule has 0 aromatic heterocycles. The zero-order valence-corrected chi connectivity index (χ0v) is 19.6. The van der Waals surface area contributed by atoms with Crippen molar-refractivity contribution in [2.24, 2.45) is 39.5 Å². The highest BCUT2D eigenvalue weighted by Gasteiger charge is 2.59. The van der Waals surface area contributed by atoms with Gasteiger partial charge in [-0.05, 0) is 104 Å². The fraction of sp³-hybridized carbons (Fsp3) is 0.731. The number of phenols is 1. The quantitative estimate of drug-likeness (QED) is 0.461. The van der Waals surface area contributed by atoms with E-state index in [1.165, 1.54) is 64.2 Å². The van der Waals surface area contributed by atoms with Gasteiger partial charge in [0, 0.05) is 16.3 Å². The molecule has 4 aliphatic carbocycles. The van der Waals surface area contributed by atoms with Crippen LogP contribution in [0.3, 0.4) is 0 Å². The summed E-state index contributed by atoms with van der Waals surface area (Å²) in [4.78, 5) is 5.08. The van der Waals surface area contributed by atoms with Gasteiger partial charge in [0.2, 0.25) is 0 Å². The van der Waals surface area contributed by atoms with Crippen molar-refractivity contribution in [3.63, 3.8) is 0 Å². The van der Waals surface area contributed by atoms with Gasteiger partial charge in [-0.15, -0.1) is 0 Å². The van der Waals surface area contributed by atoms with Crippen LogP contribution >= 0.6 is 15.9 Å². The maximum atomic E-state index is 10.2. The Kier molecular flexibility index (Phi) is 5.12. The third-order valence-electron chi connectivity index (χ3n) is 9.92. The van der Waals surface area contributed by atoms with Crippen LogP contribution in [0.25, 0.3) is 0 Å². The normalized spacial score (nSPS) is 44.3. The van der Waals surface area contributed by atoms with Gasteiger partial charge in [0.1, 0.15) is 5.75 Å². The number of rotatable bonds is 2. The molecule has 0 bridgehead atoms. The summed E-state index contributed by atoms with van der Waals surface area (Å²) in [6, 6.07) is 6.00. The fourth-order valence-electron chi connectivity index (χ4n) is 8.31. The average Bonchev–Trinajstić information content (AvgIpc) is 3.04. The van der Waals surface area contributed by atoms with Gasteiger partial charge in [-0.2, -0.15) is 0 Å². The van der Waals surface area contributed by atoms with Gasteiger partial charge in [-0.25, -0.2) is 0 Å². The van der Waals surface area contributed by atoms with Crippen molar-refractivity contribution < 1.29 is 5.11 Å². The second-order valence-corrected chi connectivity index (χ2v) is 11.9. The van der Waals surface area contributed by atoms with E-state index < -0.39 is 0 Å². The van der Waals surface area contributed by atoms with Crippen LogP contribution < -0.4 is 0 Å². The highest BCUT2D eigenvalue weighted by molar-refractivity contribution is 9.10. The van der Waals surface area contributed by atoms with E-state index in [9.17, 15) is 5.11 Å². The second kappa shape index (κ2) is 7.39. The third-order valence-corrected chi connectivity index (χ3v) is 10.4. The van der Waals surface area contributed by atoms with Gasteiger partial charge in [0.25, 0.3) is 0 Å². The highest BCUT2D eigenvalue weighted by atomic mass is 79.9. The lowest BCUT2D eigenvalue weighted by Crippen LogP contribution is -2.53.